The first-order valence-electron chi connectivity index (χ1n) is 4.21. The highest BCUT2D eigenvalue weighted by Crippen LogP contribution is 1.90. The van der Waals surface area contributed by atoms with Crippen LogP contribution >= 0.6 is 0 Å². The molecule has 1 N–H and O–H groups in total. The Hall–Kier alpha value is -0.820. The van der Waals surface area contributed by atoms with Crippen LogP contribution in [0.4, 0.5) is 0 Å². The largest absolute Gasteiger partial charge is 0.317 e. The van der Waals surface area contributed by atoms with Crippen LogP contribution in [0, 0.1) is 0 Å². The lowest BCUT2D eigenvalue weighted by Gasteiger charge is -1.76. The Balaban J connectivity index is 0.000000112. The molecule has 60 valence electrons. The summed E-state index contributed by atoms with van der Waals surface area (Å²) in [6.07, 6.45) is 2.78. The third kappa shape index (κ3) is 4.57. The van der Waals surface area contributed by atoms with Gasteiger partial charge in [0.1, 0.15) is 0 Å². The van der Waals surface area contributed by atoms with Crippen molar-refractivity contribution in [3.63, 3.8) is 0 Å². The predicted octanol–water partition coefficient (Wildman–Crippen LogP) is 2.06. The molecule has 0 aliphatic carbocycles. The predicted molar refractivity (Wildman–Crippen MR) is 48.5 cm³/mol. The average Bonchev–Trinajstić information content (AvgIpc) is 2.64. The zero-order valence-electron chi connectivity index (χ0n) is 6.79. The van der Waals surface area contributed by atoms with Crippen LogP contribution in [-0.4, -0.2) is 13.1 Å². The quantitative estimate of drug-likeness (QED) is 0.595. The van der Waals surface area contributed by atoms with Crippen molar-refractivity contribution in [2.45, 2.75) is 12.8 Å². The van der Waals surface area contributed by atoms with E-state index in [-0.39, 0.29) is 0 Å². The Morgan fingerprint density at radius 3 is 1.18 bits per heavy atom. The van der Waals surface area contributed by atoms with E-state index in [1.807, 2.05) is 36.4 Å². The van der Waals surface area contributed by atoms with Crippen molar-refractivity contribution in [2.75, 3.05) is 13.1 Å². The van der Waals surface area contributed by atoms with Gasteiger partial charge in [-0.2, -0.15) is 0 Å². The van der Waals surface area contributed by atoms with Gasteiger partial charge in [0, 0.05) is 0 Å². The van der Waals surface area contributed by atoms with E-state index in [9.17, 15) is 0 Å². The molecule has 1 aliphatic heterocycles. The minimum absolute atomic E-state index is 1.25. The van der Waals surface area contributed by atoms with Crippen molar-refractivity contribution >= 4 is 0 Å². The van der Waals surface area contributed by atoms with Crippen molar-refractivity contribution < 1.29 is 0 Å². The molecule has 0 amide bonds. The van der Waals surface area contributed by atoms with Crippen molar-refractivity contribution in [1.29, 1.82) is 0 Å². The fraction of sp³-hybridized carbons (Fsp3) is 0.400. The molecular formula is C10H15N. The average molecular weight is 149 g/mol. The van der Waals surface area contributed by atoms with E-state index in [0.717, 1.165) is 0 Å². The highest BCUT2D eigenvalue weighted by atomic mass is 14.9. The number of rotatable bonds is 0. The van der Waals surface area contributed by atoms with Crippen LogP contribution in [0.1, 0.15) is 12.8 Å². The van der Waals surface area contributed by atoms with Gasteiger partial charge in [0.25, 0.3) is 0 Å². The first kappa shape index (κ1) is 8.28. The van der Waals surface area contributed by atoms with Crippen molar-refractivity contribution in [3.05, 3.63) is 36.4 Å². The van der Waals surface area contributed by atoms with Crippen LogP contribution in [-0.2, 0) is 0 Å². The molecule has 1 fully saturated rings. The zero-order valence-corrected chi connectivity index (χ0v) is 6.79. The molecule has 0 atom stereocenters. The van der Waals surface area contributed by atoms with Gasteiger partial charge in [-0.1, -0.05) is 36.4 Å². The Morgan fingerprint density at radius 1 is 0.636 bits per heavy atom. The Labute approximate surface area is 68.4 Å². The van der Waals surface area contributed by atoms with Gasteiger partial charge < -0.3 is 5.32 Å². The second-order valence-electron chi connectivity index (χ2n) is 2.61. The van der Waals surface area contributed by atoms with Crippen LogP contribution < -0.4 is 5.32 Å². The lowest BCUT2D eigenvalue weighted by molar-refractivity contribution is 0.857. The molecule has 1 saturated heterocycles. The summed E-state index contributed by atoms with van der Waals surface area (Å²) in [5, 5.41) is 3.22. The summed E-state index contributed by atoms with van der Waals surface area (Å²) in [6.45, 7) is 2.50. The highest BCUT2D eigenvalue weighted by Gasteiger charge is 1.93. The van der Waals surface area contributed by atoms with E-state index in [2.05, 4.69) is 5.32 Å². The molecule has 0 spiro atoms. The standard InChI is InChI=1S/C6H6.C4H9N/c1-2-4-6-5-3-1;1-2-4-5-3-1/h1-6H;5H,1-4H2. The lowest BCUT2D eigenvalue weighted by Crippen LogP contribution is -2.03. The minimum atomic E-state index is 1.25. The maximum absolute atomic E-state index is 3.22. The normalized spacial score (nSPS) is 15.3. The van der Waals surface area contributed by atoms with Crippen molar-refractivity contribution in [2.24, 2.45) is 0 Å². The SMILES string of the molecule is C1CCNC1.c1ccccc1. The molecule has 1 heterocycles. The summed E-state index contributed by atoms with van der Waals surface area (Å²) in [6, 6.07) is 12.0. The van der Waals surface area contributed by atoms with Gasteiger partial charge in [-0.25, -0.2) is 0 Å². The summed E-state index contributed by atoms with van der Waals surface area (Å²) in [7, 11) is 0. The van der Waals surface area contributed by atoms with Crippen molar-refractivity contribution in [3.8, 4) is 0 Å². The molecule has 1 aromatic rings. The molecule has 11 heavy (non-hydrogen) atoms. The third-order valence-corrected chi connectivity index (χ3v) is 1.62. The number of nitrogens with one attached hydrogen (secondary N) is 1. The first-order valence-corrected chi connectivity index (χ1v) is 4.21. The van der Waals surface area contributed by atoms with Gasteiger partial charge in [-0.3, -0.25) is 0 Å². The first-order chi connectivity index (χ1) is 5.50. The Bertz CT molecular complexity index is 121. The molecule has 0 bridgehead atoms. The van der Waals surface area contributed by atoms with Crippen LogP contribution in [0.3, 0.4) is 0 Å². The van der Waals surface area contributed by atoms with Crippen molar-refractivity contribution in [1.82, 2.24) is 5.32 Å². The maximum atomic E-state index is 3.22. The van der Waals surface area contributed by atoms with Crippen LogP contribution in [0.25, 0.3) is 0 Å². The molecule has 2 rings (SSSR count). The molecule has 1 aliphatic rings. The Kier molecular flexibility index (Phi) is 4.46. The molecule has 0 radical (unpaired) electrons. The molecule has 1 heteroatoms. The van der Waals surface area contributed by atoms with E-state index in [1.165, 1.54) is 25.9 Å². The number of hydrogen-bond acceptors (Lipinski definition) is 1. The van der Waals surface area contributed by atoms with E-state index in [0.29, 0.717) is 0 Å². The van der Waals surface area contributed by atoms with Gasteiger partial charge in [0.2, 0.25) is 0 Å². The van der Waals surface area contributed by atoms with Gasteiger partial charge in [0.05, 0.1) is 0 Å². The van der Waals surface area contributed by atoms with Crippen LogP contribution in [0.15, 0.2) is 36.4 Å². The highest BCUT2D eigenvalue weighted by molar-refractivity contribution is 4.99. The molecule has 0 saturated carbocycles. The van der Waals surface area contributed by atoms with E-state index in [1.54, 1.807) is 0 Å². The smallest absolute Gasteiger partial charge is 0.00484 e. The number of benzene rings is 1. The Morgan fingerprint density at radius 2 is 1.00 bits per heavy atom. The fourth-order valence-corrected chi connectivity index (χ4v) is 1.01. The topological polar surface area (TPSA) is 12.0 Å². The molecule has 0 aromatic heterocycles. The second kappa shape index (κ2) is 5.93. The summed E-state index contributed by atoms with van der Waals surface area (Å²) in [5.74, 6) is 0. The zero-order chi connectivity index (χ0) is 7.78. The molecule has 1 aromatic carbocycles. The number of hydrogen-bond donors (Lipinski definition) is 1. The summed E-state index contributed by atoms with van der Waals surface area (Å²) in [4.78, 5) is 0. The van der Waals surface area contributed by atoms with E-state index in [4.69, 9.17) is 0 Å². The second-order valence-corrected chi connectivity index (χ2v) is 2.61. The van der Waals surface area contributed by atoms with Crippen LogP contribution in [0.5, 0.6) is 0 Å². The van der Waals surface area contributed by atoms with Gasteiger partial charge in [-0.05, 0) is 25.9 Å². The fourth-order valence-electron chi connectivity index (χ4n) is 1.01. The molecule has 0 unspecified atom stereocenters. The van der Waals surface area contributed by atoms with E-state index >= 15 is 0 Å². The maximum Gasteiger partial charge on any atom is -0.00484 e. The van der Waals surface area contributed by atoms with Gasteiger partial charge >= 0.3 is 0 Å². The minimum Gasteiger partial charge on any atom is -0.317 e. The summed E-state index contributed by atoms with van der Waals surface area (Å²) in [5.41, 5.74) is 0. The van der Waals surface area contributed by atoms with Gasteiger partial charge in [-0.15, -0.1) is 0 Å². The third-order valence-electron chi connectivity index (χ3n) is 1.62. The monoisotopic (exact) mass is 149 g/mol. The van der Waals surface area contributed by atoms with Gasteiger partial charge in [0.15, 0.2) is 0 Å². The lowest BCUT2D eigenvalue weighted by atomic mass is 10.4. The van der Waals surface area contributed by atoms with E-state index < -0.39 is 0 Å². The molecular weight excluding hydrogens is 134 g/mol. The molecule has 1 nitrogen and oxygen atoms in total. The van der Waals surface area contributed by atoms with Crippen LogP contribution in [0.2, 0.25) is 0 Å². The summed E-state index contributed by atoms with van der Waals surface area (Å²) >= 11 is 0. The summed E-state index contributed by atoms with van der Waals surface area (Å²) < 4.78 is 0.